The summed E-state index contributed by atoms with van der Waals surface area (Å²) in [5.74, 6) is 2.13. The molecule has 3 N–H and O–H groups in total. The van der Waals surface area contributed by atoms with Crippen molar-refractivity contribution >= 4 is 58.0 Å². The van der Waals surface area contributed by atoms with Gasteiger partial charge >= 0.3 is 0 Å². The molecule has 2 aromatic carbocycles. The molecule has 0 aliphatic heterocycles. The zero-order valence-electron chi connectivity index (χ0n) is 17.8. The molecule has 0 aromatic heterocycles. The highest BCUT2D eigenvalue weighted by Crippen LogP contribution is 2.28. The van der Waals surface area contributed by atoms with Crippen LogP contribution in [0, 0.1) is 5.92 Å². The number of ether oxygens (including phenoxy) is 2. The number of hydrogen-bond acceptors (Lipinski definition) is 3. The van der Waals surface area contributed by atoms with Gasteiger partial charge in [-0.3, -0.25) is 15.5 Å². The molecule has 10 heteroatoms. The van der Waals surface area contributed by atoms with Crippen molar-refractivity contribution in [3.05, 3.63) is 56.5 Å². The van der Waals surface area contributed by atoms with E-state index in [1.807, 2.05) is 0 Å². The Balaban J connectivity index is 0.00000385. The summed E-state index contributed by atoms with van der Waals surface area (Å²) < 4.78 is 11.2. The number of nitrogens with one attached hydrogen (secondary N) is 1. The molecule has 0 bridgehead atoms. The second-order valence-corrected chi connectivity index (χ2v) is 9.49. The van der Waals surface area contributed by atoms with Gasteiger partial charge < -0.3 is 21.9 Å². The van der Waals surface area contributed by atoms with Gasteiger partial charge in [0, 0.05) is 18.6 Å². The third-order valence-corrected chi connectivity index (χ3v) is 6.81. The summed E-state index contributed by atoms with van der Waals surface area (Å²) >= 11 is 23.7. The molecule has 3 rings (SSSR count). The minimum absolute atomic E-state index is 0. The minimum Gasteiger partial charge on any atom is -1.00 e. The van der Waals surface area contributed by atoms with E-state index < -0.39 is 0 Å². The Morgan fingerprint density at radius 1 is 0.848 bits per heavy atom. The topological polar surface area (TPSA) is 75.5 Å². The van der Waals surface area contributed by atoms with Crippen LogP contribution in [0.3, 0.4) is 0 Å². The highest BCUT2D eigenvalue weighted by molar-refractivity contribution is 6.42. The highest BCUT2D eigenvalue weighted by atomic mass is 35.5. The van der Waals surface area contributed by atoms with Gasteiger partial charge in [0.2, 0.25) is 0 Å². The number of hydrogen-bond donors (Lipinski definition) is 2. The van der Waals surface area contributed by atoms with Gasteiger partial charge in [0.05, 0.1) is 26.1 Å². The fourth-order valence-electron chi connectivity index (χ4n) is 3.65. The molecule has 0 unspecified atom stereocenters. The van der Waals surface area contributed by atoms with Crippen molar-refractivity contribution in [2.45, 2.75) is 38.1 Å². The van der Waals surface area contributed by atoms with E-state index in [-0.39, 0.29) is 37.4 Å². The molecule has 1 fully saturated rings. The van der Waals surface area contributed by atoms with Crippen molar-refractivity contribution in [3.8, 4) is 11.5 Å². The molecular weight excluding hydrogens is 530 g/mol. The second-order valence-electron chi connectivity index (χ2n) is 7.86. The van der Waals surface area contributed by atoms with E-state index in [1.165, 1.54) is 0 Å². The normalized spacial score (nSPS) is 18.4. The number of carbonyl (C=O) groups is 1. The maximum atomic E-state index is 12.3. The van der Waals surface area contributed by atoms with Crippen LogP contribution < -0.4 is 32.6 Å². The number of amidine groups is 1. The molecule has 1 saturated carbocycles. The minimum atomic E-state index is 0. The first kappa shape index (κ1) is 27.9. The van der Waals surface area contributed by atoms with Crippen molar-refractivity contribution in [2.75, 3.05) is 13.2 Å². The van der Waals surface area contributed by atoms with Crippen molar-refractivity contribution < 1.29 is 31.7 Å². The molecule has 0 atom stereocenters. The number of rotatable bonds is 9. The number of nitrogens with two attached hydrogens (primary N) is 1. The van der Waals surface area contributed by atoms with Crippen LogP contribution in [-0.2, 0) is 4.79 Å². The Morgan fingerprint density at radius 3 is 1.88 bits per heavy atom. The average molecular weight is 555 g/mol. The molecular formula is C23H25Cl5N2O3. The molecule has 180 valence electrons. The maximum Gasteiger partial charge on any atom is 0.279 e. The Morgan fingerprint density at radius 2 is 1.36 bits per heavy atom. The van der Waals surface area contributed by atoms with Crippen molar-refractivity contribution in [1.29, 1.82) is 0 Å². The third-order valence-electron chi connectivity index (χ3n) is 5.33. The average Bonchev–Trinajstić information content (AvgIpc) is 2.77. The molecule has 2 aromatic rings. The summed E-state index contributed by atoms with van der Waals surface area (Å²) in [4.78, 5) is 15.6. The Labute approximate surface area is 219 Å². The zero-order chi connectivity index (χ0) is 23.1. The Kier molecular flexibility index (Phi) is 11.4. The first-order chi connectivity index (χ1) is 15.3. The first-order valence-corrected chi connectivity index (χ1v) is 11.9. The molecule has 1 aliphatic carbocycles. The van der Waals surface area contributed by atoms with Crippen LogP contribution in [0.1, 0.15) is 32.1 Å². The lowest BCUT2D eigenvalue weighted by Crippen LogP contribution is -3.00. The Hall–Kier alpha value is -1.37. The van der Waals surface area contributed by atoms with E-state index in [1.54, 1.807) is 36.4 Å². The third kappa shape index (κ3) is 9.06. The number of halogens is 5. The van der Waals surface area contributed by atoms with Crippen molar-refractivity contribution in [3.63, 3.8) is 0 Å². The standard InChI is InChI=1S/C23H24Cl4N2O3.ClH/c24-19-7-5-17(10-21(19)26)31-12-16(30)9-14-1-3-15(4-2-14)29-23(28)13-32-18-6-8-20(25)22(27)11-18;/h5-8,10-11,14-15H,1-4,9,12-13H2,(H2,28,29);1H. The van der Waals surface area contributed by atoms with Gasteiger partial charge in [-0.2, -0.15) is 0 Å². The van der Waals surface area contributed by atoms with Crippen LogP contribution in [0.15, 0.2) is 36.4 Å². The summed E-state index contributed by atoms with van der Waals surface area (Å²) in [6.07, 6.45) is 4.31. The summed E-state index contributed by atoms with van der Waals surface area (Å²) in [6, 6.07) is 10.3. The van der Waals surface area contributed by atoms with E-state index in [2.05, 4.69) is 4.99 Å². The van der Waals surface area contributed by atoms with Gasteiger partial charge in [-0.1, -0.05) is 46.4 Å². The molecule has 0 radical (unpaired) electrons. The van der Waals surface area contributed by atoms with E-state index in [4.69, 9.17) is 61.6 Å². The molecule has 33 heavy (non-hydrogen) atoms. The molecule has 0 amide bonds. The quantitative estimate of drug-likeness (QED) is 0.366. The van der Waals surface area contributed by atoms with Gasteiger partial charge in [-0.05, 0) is 55.9 Å². The first-order valence-electron chi connectivity index (χ1n) is 10.4. The molecule has 1 aliphatic rings. The summed E-state index contributed by atoms with van der Waals surface area (Å²) in [5.41, 5.74) is 6.08. The van der Waals surface area contributed by atoms with Crippen molar-refractivity contribution in [2.24, 2.45) is 11.7 Å². The lowest BCUT2D eigenvalue weighted by Gasteiger charge is -2.24. The van der Waals surface area contributed by atoms with Gasteiger partial charge in [-0.25, -0.2) is 0 Å². The van der Waals surface area contributed by atoms with E-state index in [0.29, 0.717) is 49.8 Å². The maximum absolute atomic E-state index is 12.3. The highest BCUT2D eigenvalue weighted by Gasteiger charge is 2.24. The second kappa shape index (κ2) is 13.5. The Bertz CT molecular complexity index is 979. The van der Waals surface area contributed by atoms with Gasteiger partial charge in [0.1, 0.15) is 18.1 Å². The number of Topliss-reactive ketones (excluding diaryl/α,β-unsaturated/α-hetero) is 1. The predicted octanol–water partition coefficient (Wildman–Crippen LogP) is 1.72. The van der Waals surface area contributed by atoms with Gasteiger partial charge in [0.25, 0.3) is 5.84 Å². The smallest absolute Gasteiger partial charge is 0.279 e. The largest absolute Gasteiger partial charge is 1.00 e. The number of benzene rings is 2. The van der Waals surface area contributed by atoms with E-state index in [0.717, 1.165) is 25.7 Å². The van der Waals surface area contributed by atoms with Crippen LogP contribution in [0.2, 0.25) is 20.1 Å². The number of carbonyl (C=O) groups excluding carboxylic acids is 1. The van der Waals surface area contributed by atoms with Crippen LogP contribution in [0.25, 0.3) is 0 Å². The summed E-state index contributed by atoms with van der Waals surface area (Å²) in [6.45, 7) is 0.269. The predicted molar refractivity (Wildman–Crippen MR) is 129 cm³/mol. The molecule has 0 heterocycles. The fourth-order valence-corrected chi connectivity index (χ4v) is 4.23. The monoisotopic (exact) mass is 552 g/mol. The SMILES string of the molecule is NC(COc1ccc(Cl)c(Cl)c1)=[NH+]C1CCC(CC(=O)COc2ccc(Cl)c(Cl)c2)CC1.[Cl-]. The summed E-state index contributed by atoms with van der Waals surface area (Å²) in [7, 11) is 0. The number of ketones is 1. The lowest BCUT2D eigenvalue weighted by atomic mass is 9.83. The van der Waals surface area contributed by atoms with E-state index in [9.17, 15) is 4.79 Å². The molecule has 0 spiro atoms. The van der Waals surface area contributed by atoms with Crippen LogP contribution in [0.5, 0.6) is 11.5 Å². The fraction of sp³-hybridized carbons (Fsp3) is 0.391. The van der Waals surface area contributed by atoms with Gasteiger partial charge in [0.15, 0.2) is 12.4 Å². The van der Waals surface area contributed by atoms with Gasteiger partial charge in [-0.15, -0.1) is 0 Å². The zero-order valence-corrected chi connectivity index (χ0v) is 21.5. The van der Waals surface area contributed by atoms with Crippen LogP contribution >= 0.6 is 46.4 Å². The van der Waals surface area contributed by atoms with Crippen LogP contribution in [0.4, 0.5) is 0 Å². The lowest BCUT2D eigenvalue weighted by molar-refractivity contribution is -0.510. The molecule has 5 nitrogen and oxygen atoms in total. The molecule has 0 saturated heterocycles. The van der Waals surface area contributed by atoms with E-state index >= 15 is 0 Å². The summed E-state index contributed by atoms with van der Waals surface area (Å²) in [5, 5.41) is 1.77. The van der Waals surface area contributed by atoms with Crippen LogP contribution in [-0.4, -0.2) is 30.9 Å². The van der Waals surface area contributed by atoms with Crippen molar-refractivity contribution in [1.82, 2.24) is 0 Å².